The van der Waals surface area contributed by atoms with Gasteiger partial charge in [0.25, 0.3) is 0 Å². The Kier molecular flexibility index (Phi) is 3.95. The number of thiazole rings is 1. The molecule has 4 nitrogen and oxygen atoms in total. The Balaban J connectivity index is 1.85. The van der Waals surface area contributed by atoms with Gasteiger partial charge in [-0.1, -0.05) is 0 Å². The molecular weight excluding hydrogens is 296 g/mol. The quantitative estimate of drug-likeness (QED) is 0.908. The molecule has 3 heterocycles. The summed E-state index contributed by atoms with van der Waals surface area (Å²) in [6.07, 6.45) is 2.41. The molecule has 2 aromatic heterocycles. The second-order valence-corrected chi connectivity index (χ2v) is 7.45. The van der Waals surface area contributed by atoms with Crippen molar-refractivity contribution in [1.29, 1.82) is 0 Å². The number of nitrogens with two attached hydrogens (primary N) is 1. The van der Waals surface area contributed by atoms with Crippen LogP contribution in [0.4, 0.5) is 10.8 Å². The molecule has 3 rings (SSSR count). The molecule has 0 spiro atoms. The largest absolute Gasteiger partial charge is 0.382 e. The lowest BCUT2D eigenvalue weighted by Crippen LogP contribution is -2.24. The highest BCUT2D eigenvalue weighted by molar-refractivity contribution is 7.99. The van der Waals surface area contributed by atoms with Crippen LogP contribution in [-0.4, -0.2) is 26.9 Å². The number of nitrogens with one attached hydrogen (secondary N) is 1. The zero-order chi connectivity index (χ0) is 13.2. The summed E-state index contributed by atoms with van der Waals surface area (Å²) in [7, 11) is 0. The van der Waals surface area contributed by atoms with Crippen LogP contribution in [0, 0.1) is 6.92 Å². The van der Waals surface area contributed by atoms with Gasteiger partial charge < -0.3 is 11.1 Å². The van der Waals surface area contributed by atoms with E-state index in [0.717, 1.165) is 21.3 Å². The van der Waals surface area contributed by atoms with E-state index in [1.807, 2.05) is 24.1 Å². The van der Waals surface area contributed by atoms with Gasteiger partial charge in [-0.15, -0.1) is 11.3 Å². The van der Waals surface area contributed by atoms with Gasteiger partial charge in [-0.2, -0.15) is 16.1 Å². The maximum absolute atomic E-state index is 6.01. The first kappa shape index (κ1) is 13.2. The molecule has 0 atom stereocenters. The van der Waals surface area contributed by atoms with Crippen molar-refractivity contribution < 1.29 is 0 Å². The van der Waals surface area contributed by atoms with E-state index >= 15 is 0 Å². The maximum Gasteiger partial charge on any atom is 0.149 e. The van der Waals surface area contributed by atoms with Gasteiger partial charge in [0.1, 0.15) is 15.8 Å². The van der Waals surface area contributed by atoms with Crippen molar-refractivity contribution in [2.45, 2.75) is 25.8 Å². The fraction of sp³-hybridized carbons (Fsp3) is 0.500. The third-order valence-corrected chi connectivity index (χ3v) is 5.93. The van der Waals surface area contributed by atoms with Crippen molar-refractivity contribution in [3.8, 4) is 10.6 Å². The zero-order valence-corrected chi connectivity index (χ0v) is 13.1. The molecule has 1 aliphatic heterocycles. The molecule has 1 aliphatic rings. The van der Waals surface area contributed by atoms with E-state index in [9.17, 15) is 0 Å². The molecule has 0 saturated carbocycles. The maximum atomic E-state index is 6.01. The molecule has 0 aliphatic carbocycles. The molecule has 0 bridgehead atoms. The van der Waals surface area contributed by atoms with E-state index in [4.69, 9.17) is 5.73 Å². The van der Waals surface area contributed by atoms with Crippen LogP contribution in [0.5, 0.6) is 0 Å². The molecule has 0 radical (unpaired) electrons. The predicted molar refractivity (Wildman–Crippen MR) is 86.3 cm³/mol. The number of aromatic nitrogens is 2. The Morgan fingerprint density at radius 2 is 2.16 bits per heavy atom. The zero-order valence-electron chi connectivity index (χ0n) is 10.7. The fourth-order valence-electron chi connectivity index (χ4n) is 2.10. The van der Waals surface area contributed by atoms with Gasteiger partial charge in [0.15, 0.2) is 0 Å². The Morgan fingerprint density at radius 1 is 1.37 bits per heavy atom. The van der Waals surface area contributed by atoms with Crippen LogP contribution in [0.3, 0.4) is 0 Å². The molecule has 3 N–H and O–H groups in total. The minimum absolute atomic E-state index is 0.543. The van der Waals surface area contributed by atoms with E-state index in [2.05, 4.69) is 14.7 Å². The number of anilines is 2. The van der Waals surface area contributed by atoms with E-state index in [0.29, 0.717) is 11.9 Å². The van der Waals surface area contributed by atoms with Crippen LogP contribution in [-0.2, 0) is 0 Å². The summed E-state index contributed by atoms with van der Waals surface area (Å²) >= 11 is 5.11. The summed E-state index contributed by atoms with van der Waals surface area (Å²) in [6.45, 7) is 2.00. The lowest BCUT2D eigenvalue weighted by atomic mass is 10.1. The van der Waals surface area contributed by atoms with Crippen molar-refractivity contribution in [2.75, 3.05) is 22.6 Å². The number of rotatable bonds is 3. The summed E-state index contributed by atoms with van der Waals surface area (Å²) in [5.74, 6) is 3.06. The molecule has 19 heavy (non-hydrogen) atoms. The van der Waals surface area contributed by atoms with Crippen molar-refractivity contribution in [1.82, 2.24) is 9.36 Å². The number of hydrogen-bond donors (Lipinski definition) is 2. The molecular formula is C12H16N4S3. The topological polar surface area (TPSA) is 63.8 Å². The van der Waals surface area contributed by atoms with Crippen molar-refractivity contribution in [3.05, 3.63) is 11.1 Å². The number of aryl methyl sites for hydroxylation is 1. The lowest BCUT2D eigenvalue weighted by molar-refractivity contribution is 0.669. The number of hydrogen-bond acceptors (Lipinski definition) is 7. The van der Waals surface area contributed by atoms with Gasteiger partial charge in [-0.05, 0) is 42.8 Å². The van der Waals surface area contributed by atoms with Gasteiger partial charge >= 0.3 is 0 Å². The standard InChI is InChI=1S/C12H16N4S3/c1-7-6-18-11(14-7)9-10(13)16-19-12(9)15-8-2-4-17-5-3-8/h6,8,15H,2-5H2,1H3,(H2,13,16). The second-order valence-electron chi connectivity index (χ2n) is 4.60. The van der Waals surface area contributed by atoms with E-state index in [1.54, 1.807) is 11.3 Å². The molecule has 1 fully saturated rings. The van der Waals surface area contributed by atoms with Gasteiger partial charge in [0.2, 0.25) is 0 Å². The highest BCUT2D eigenvalue weighted by Crippen LogP contribution is 2.39. The smallest absolute Gasteiger partial charge is 0.149 e. The predicted octanol–water partition coefficient (Wildman–Crippen LogP) is 3.46. The van der Waals surface area contributed by atoms with Gasteiger partial charge in [-0.25, -0.2) is 4.98 Å². The van der Waals surface area contributed by atoms with E-state index in [1.165, 1.54) is 35.9 Å². The molecule has 1 saturated heterocycles. The van der Waals surface area contributed by atoms with Gasteiger partial charge in [0.05, 0.1) is 5.56 Å². The van der Waals surface area contributed by atoms with Crippen LogP contribution >= 0.6 is 34.6 Å². The minimum atomic E-state index is 0.543. The first-order valence-electron chi connectivity index (χ1n) is 6.26. The Morgan fingerprint density at radius 3 is 2.84 bits per heavy atom. The first-order valence-corrected chi connectivity index (χ1v) is 9.06. The van der Waals surface area contributed by atoms with Crippen LogP contribution in [0.1, 0.15) is 18.5 Å². The molecule has 102 valence electrons. The number of nitrogen functional groups attached to an aromatic ring is 1. The summed E-state index contributed by atoms with van der Waals surface area (Å²) in [4.78, 5) is 4.53. The molecule has 7 heteroatoms. The Hall–Kier alpha value is -0.790. The average molecular weight is 312 g/mol. The van der Waals surface area contributed by atoms with Crippen molar-refractivity contribution >= 4 is 45.5 Å². The third kappa shape index (κ3) is 2.88. The number of nitrogens with zero attached hydrogens (tertiary/aromatic N) is 2. The molecule has 2 aromatic rings. The first-order chi connectivity index (χ1) is 9.24. The summed E-state index contributed by atoms with van der Waals surface area (Å²) in [6, 6.07) is 0.543. The van der Waals surface area contributed by atoms with Gasteiger partial charge in [0, 0.05) is 17.1 Å². The lowest BCUT2D eigenvalue weighted by Gasteiger charge is -2.22. The van der Waals surface area contributed by atoms with Crippen LogP contribution in [0.2, 0.25) is 0 Å². The average Bonchev–Trinajstić information content (AvgIpc) is 2.97. The summed E-state index contributed by atoms with van der Waals surface area (Å²) in [5, 5.41) is 7.70. The highest BCUT2D eigenvalue weighted by Gasteiger charge is 2.20. The summed E-state index contributed by atoms with van der Waals surface area (Å²) in [5.41, 5.74) is 8.03. The van der Waals surface area contributed by atoms with Crippen molar-refractivity contribution in [3.63, 3.8) is 0 Å². The van der Waals surface area contributed by atoms with Crippen LogP contribution in [0.15, 0.2) is 5.38 Å². The normalized spacial score (nSPS) is 16.7. The minimum Gasteiger partial charge on any atom is -0.382 e. The van der Waals surface area contributed by atoms with Gasteiger partial charge in [-0.3, -0.25) is 0 Å². The van der Waals surface area contributed by atoms with Crippen LogP contribution in [0.25, 0.3) is 10.6 Å². The molecule has 0 aromatic carbocycles. The molecule has 0 amide bonds. The number of thioether (sulfide) groups is 1. The summed E-state index contributed by atoms with van der Waals surface area (Å²) < 4.78 is 4.29. The fourth-order valence-corrected chi connectivity index (χ4v) is 4.92. The Bertz CT molecular complexity index is 557. The third-order valence-electron chi connectivity index (χ3n) is 3.11. The second kappa shape index (κ2) is 5.68. The SMILES string of the molecule is Cc1csc(-c2c(N)nsc2NC2CCSCC2)n1. The highest BCUT2D eigenvalue weighted by atomic mass is 32.2. The molecule has 0 unspecified atom stereocenters. The van der Waals surface area contributed by atoms with E-state index in [-0.39, 0.29) is 0 Å². The Labute approximate surface area is 125 Å². The monoisotopic (exact) mass is 312 g/mol. The van der Waals surface area contributed by atoms with Crippen molar-refractivity contribution in [2.24, 2.45) is 0 Å². The van der Waals surface area contributed by atoms with E-state index < -0.39 is 0 Å². The van der Waals surface area contributed by atoms with Crippen LogP contribution < -0.4 is 11.1 Å².